The average Bonchev–Trinajstić information content (AvgIpc) is 3.09. The second kappa shape index (κ2) is 7.37. The van der Waals surface area contributed by atoms with Crippen molar-refractivity contribution in [3.63, 3.8) is 0 Å². The predicted molar refractivity (Wildman–Crippen MR) is 107 cm³/mol. The fourth-order valence-corrected chi connectivity index (χ4v) is 5.90. The van der Waals surface area contributed by atoms with Crippen molar-refractivity contribution in [2.75, 3.05) is 19.6 Å². The van der Waals surface area contributed by atoms with E-state index in [1.54, 1.807) is 27.0 Å². The van der Waals surface area contributed by atoms with E-state index in [-0.39, 0.29) is 10.8 Å². The van der Waals surface area contributed by atoms with Gasteiger partial charge in [0.2, 0.25) is 10.0 Å². The van der Waals surface area contributed by atoms with Crippen LogP contribution in [0.15, 0.2) is 41.4 Å². The fraction of sp³-hybridized carbons (Fsp3) is 0.476. The van der Waals surface area contributed by atoms with Crippen LogP contribution in [0, 0.1) is 5.92 Å². The summed E-state index contributed by atoms with van der Waals surface area (Å²) in [6.07, 6.45) is 4.33. The van der Waals surface area contributed by atoms with Crippen LogP contribution in [0.1, 0.15) is 41.4 Å². The van der Waals surface area contributed by atoms with Crippen molar-refractivity contribution in [1.29, 1.82) is 0 Å². The first-order chi connectivity index (χ1) is 13.4. The quantitative estimate of drug-likeness (QED) is 0.794. The lowest BCUT2D eigenvalue weighted by molar-refractivity contribution is 0.0725. The Morgan fingerprint density at radius 3 is 2.64 bits per heavy atom. The molecule has 0 radical (unpaired) electrons. The Bertz CT molecular complexity index is 996. The van der Waals surface area contributed by atoms with Gasteiger partial charge in [0.15, 0.2) is 0 Å². The number of hydrogen-bond donors (Lipinski definition) is 0. The molecule has 150 valence electrons. The lowest BCUT2D eigenvalue weighted by atomic mass is 10.00. The number of amides is 1. The van der Waals surface area contributed by atoms with Crippen molar-refractivity contribution in [1.82, 2.24) is 13.8 Å². The van der Waals surface area contributed by atoms with E-state index in [1.807, 2.05) is 18.2 Å². The normalized spacial score (nSPS) is 20.8. The highest BCUT2D eigenvalue weighted by Crippen LogP contribution is 2.26. The maximum atomic E-state index is 13.1. The van der Waals surface area contributed by atoms with Gasteiger partial charge in [0.1, 0.15) is 10.6 Å². The maximum absolute atomic E-state index is 13.1. The molecule has 1 aromatic carbocycles. The molecule has 1 amide bonds. The first-order valence-electron chi connectivity index (χ1n) is 9.89. The molecule has 6 nitrogen and oxygen atoms in total. The molecule has 4 rings (SSSR count). The fourth-order valence-electron chi connectivity index (χ4n) is 4.23. The number of sulfonamides is 1. The largest absolute Gasteiger partial charge is 0.345 e. The molecule has 1 fully saturated rings. The number of carbonyl (C=O) groups is 1. The summed E-state index contributed by atoms with van der Waals surface area (Å²) in [7, 11) is -1.83. The van der Waals surface area contributed by atoms with Crippen molar-refractivity contribution >= 4 is 15.9 Å². The highest BCUT2D eigenvalue weighted by atomic mass is 32.2. The van der Waals surface area contributed by atoms with Gasteiger partial charge in [0, 0.05) is 39.4 Å². The SMILES string of the molecule is C[C@@H]1CCCN(S(=O)(=O)c2cc(C(=O)N3CCc4ccccc4C3)n(C)c2)C1. The second-order valence-corrected chi connectivity index (χ2v) is 9.97. The molecule has 3 heterocycles. The van der Waals surface area contributed by atoms with Gasteiger partial charge in [-0.1, -0.05) is 31.2 Å². The molecule has 1 aromatic heterocycles. The lowest BCUT2D eigenvalue weighted by Gasteiger charge is -2.29. The van der Waals surface area contributed by atoms with Crippen LogP contribution in [0.4, 0.5) is 0 Å². The Morgan fingerprint density at radius 2 is 1.89 bits per heavy atom. The van der Waals surface area contributed by atoms with Crippen LogP contribution >= 0.6 is 0 Å². The van der Waals surface area contributed by atoms with Crippen LogP contribution in [-0.4, -0.2) is 47.7 Å². The van der Waals surface area contributed by atoms with Crippen LogP contribution < -0.4 is 0 Å². The third-order valence-corrected chi connectivity index (χ3v) is 7.70. The Labute approximate surface area is 166 Å². The summed E-state index contributed by atoms with van der Waals surface area (Å²) in [5.74, 6) is 0.243. The number of rotatable bonds is 3. The molecule has 0 unspecified atom stereocenters. The number of aryl methyl sites for hydroxylation is 1. The van der Waals surface area contributed by atoms with E-state index in [2.05, 4.69) is 13.0 Å². The van der Waals surface area contributed by atoms with Crippen molar-refractivity contribution in [3.05, 3.63) is 53.3 Å². The summed E-state index contributed by atoms with van der Waals surface area (Å²) in [4.78, 5) is 15.1. The molecule has 0 aliphatic carbocycles. The van der Waals surface area contributed by atoms with E-state index in [1.165, 1.54) is 11.6 Å². The molecule has 2 aliphatic heterocycles. The number of fused-ring (bicyclic) bond motifs is 1. The summed E-state index contributed by atoms with van der Waals surface area (Å²) in [5.41, 5.74) is 2.86. The van der Waals surface area contributed by atoms with E-state index in [9.17, 15) is 13.2 Å². The van der Waals surface area contributed by atoms with Gasteiger partial charge in [-0.05, 0) is 42.4 Å². The van der Waals surface area contributed by atoms with Gasteiger partial charge >= 0.3 is 0 Å². The smallest absolute Gasteiger partial charge is 0.270 e. The van der Waals surface area contributed by atoms with Gasteiger partial charge in [-0.25, -0.2) is 8.42 Å². The van der Waals surface area contributed by atoms with Crippen molar-refractivity contribution < 1.29 is 13.2 Å². The van der Waals surface area contributed by atoms with Gasteiger partial charge in [0.05, 0.1) is 0 Å². The van der Waals surface area contributed by atoms with E-state index in [4.69, 9.17) is 0 Å². The van der Waals surface area contributed by atoms with Crippen molar-refractivity contribution in [3.8, 4) is 0 Å². The van der Waals surface area contributed by atoms with Crippen molar-refractivity contribution in [2.45, 2.75) is 37.6 Å². The van der Waals surface area contributed by atoms with Crippen molar-refractivity contribution in [2.24, 2.45) is 13.0 Å². The minimum Gasteiger partial charge on any atom is -0.345 e. The average molecular weight is 402 g/mol. The molecule has 2 aliphatic rings. The number of hydrogen-bond acceptors (Lipinski definition) is 3. The number of aromatic nitrogens is 1. The topological polar surface area (TPSA) is 62.6 Å². The van der Waals surface area contributed by atoms with Gasteiger partial charge in [-0.2, -0.15) is 4.31 Å². The molecule has 0 saturated carbocycles. The third-order valence-electron chi connectivity index (χ3n) is 5.87. The van der Waals surface area contributed by atoms with Crippen LogP contribution in [0.5, 0.6) is 0 Å². The minimum atomic E-state index is -3.57. The van der Waals surface area contributed by atoms with Gasteiger partial charge in [-0.15, -0.1) is 0 Å². The summed E-state index contributed by atoms with van der Waals surface area (Å²) < 4.78 is 29.3. The number of piperidine rings is 1. The highest BCUT2D eigenvalue weighted by Gasteiger charge is 2.31. The molecule has 0 spiro atoms. The molecule has 1 atom stereocenters. The standard InChI is InChI=1S/C21H27N3O3S/c1-16-6-5-10-24(13-16)28(26,27)19-12-20(22(2)15-19)21(25)23-11-9-17-7-3-4-8-18(17)14-23/h3-4,7-8,12,15-16H,5-6,9-11,13-14H2,1-2H3/t16-/m1/s1. The maximum Gasteiger partial charge on any atom is 0.270 e. The van der Waals surface area contributed by atoms with Crippen LogP contribution in [0.25, 0.3) is 0 Å². The molecule has 28 heavy (non-hydrogen) atoms. The number of carbonyl (C=O) groups excluding carboxylic acids is 1. The van der Waals surface area contributed by atoms with Gasteiger partial charge < -0.3 is 9.47 Å². The summed E-state index contributed by atoms with van der Waals surface area (Å²) in [5, 5.41) is 0. The zero-order valence-corrected chi connectivity index (χ0v) is 17.3. The molecule has 7 heteroatoms. The monoisotopic (exact) mass is 401 g/mol. The second-order valence-electron chi connectivity index (χ2n) is 8.03. The Morgan fingerprint density at radius 1 is 1.14 bits per heavy atom. The van der Waals surface area contributed by atoms with Crippen LogP contribution in [0.3, 0.4) is 0 Å². The number of nitrogens with zero attached hydrogens (tertiary/aromatic N) is 3. The van der Waals surface area contributed by atoms with Gasteiger partial charge in [0.25, 0.3) is 5.91 Å². The van der Waals surface area contributed by atoms with E-state index in [0.29, 0.717) is 37.8 Å². The summed E-state index contributed by atoms with van der Waals surface area (Å²) in [6, 6.07) is 9.69. The Kier molecular flexibility index (Phi) is 5.05. The zero-order chi connectivity index (χ0) is 19.9. The lowest BCUT2D eigenvalue weighted by Crippen LogP contribution is -2.39. The first-order valence-corrected chi connectivity index (χ1v) is 11.3. The Hall–Kier alpha value is -2.12. The summed E-state index contributed by atoms with van der Waals surface area (Å²) >= 11 is 0. The van der Waals surface area contributed by atoms with Gasteiger partial charge in [-0.3, -0.25) is 4.79 Å². The Balaban J connectivity index is 1.57. The predicted octanol–water partition coefficient (Wildman–Crippen LogP) is 2.64. The molecule has 0 N–H and O–H groups in total. The van der Waals surface area contributed by atoms with E-state index < -0.39 is 10.0 Å². The van der Waals surface area contributed by atoms with Crippen LogP contribution in [0.2, 0.25) is 0 Å². The molecule has 1 saturated heterocycles. The molecular formula is C21H27N3O3S. The first kappa shape index (κ1) is 19.2. The summed E-state index contributed by atoms with van der Waals surface area (Å²) in [6.45, 7) is 4.38. The van der Waals surface area contributed by atoms with E-state index in [0.717, 1.165) is 24.8 Å². The zero-order valence-electron chi connectivity index (χ0n) is 16.5. The molecular weight excluding hydrogens is 374 g/mol. The van der Waals surface area contributed by atoms with Crippen LogP contribution in [-0.2, 0) is 30.0 Å². The molecule has 0 bridgehead atoms. The third kappa shape index (κ3) is 3.49. The van der Waals surface area contributed by atoms with E-state index >= 15 is 0 Å². The minimum absolute atomic E-state index is 0.120. The number of benzene rings is 1. The molecule has 2 aromatic rings. The highest BCUT2D eigenvalue weighted by molar-refractivity contribution is 7.89.